The molecule has 3 N–H and O–H groups in total. The standard InChI is InChI=1S/C16H27N3OS/c1-3-17-16(19-14-4-6-15(20)7-5-14)18-10-12(2)13-8-9-21-11-13/h8-9,11-12,14-15,20H,3-7,10H2,1-2H3,(H2,17,18,19). The Morgan fingerprint density at radius 1 is 1.43 bits per heavy atom. The molecular weight excluding hydrogens is 282 g/mol. The van der Waals surface area contributed by atoms with Crippen molar-refractivity contribution in [2.24, 2.45) is 4.99 Å². The van der Waals surface area contributed by atoms with E-state index in [4.69, 9.17) is 4.99 Å². The third kappa shape index (κ3) is 5.32. The number of aliphatic hydroxyl groups excluding tert-OH is 1. The van der Waals surface area contributed by atoms with Crippen molar-refractivity contribution in [3.63, 3.8) is 0 Å². The average Bonchev–Trinajstić information content (AvgIpc) is 3.01. The van der Waals surface area contributed by atoms with Crippen LogP contribution in [0.15, 0.2) is 21.8 Å². The van der Waals surface area contributed by atoms with E-state index >= 15 is 0 Å². The minimum atomic E-state index is -0.110. The highest BCUT2D eigenvalue weighted by molar-refractivity contribution is 7.07. The molecule has 1 aromatic rings. The summed E-state index contributed by atoms with van der Waals surface area (Å²) < 4.78 is 0. The van der Waals surface area contributed by atoms with Crippen LogP contribution in [0, 0.1) is 0 Å². The second kappa shape index (κ2) is 8.39. The van der Waals surface area contributed by atoms with Crippen LogP contribution in [-0.2, 0) is 0 Å². The lowest BCUT2D eigenvalue weighted by molar-refractivity contribution is 0.120. The first-order valence-corrected chi connectivity index (χ1v) is 8.88. The number of nitrogens with zero attached hydrogens (tertiary/aromatic N) is 1. The molecule has 5 heteroatoms. The van der Waals surface area contributed by atoms with Gasteiger partial charge in [0, 0.05) is 25.0 Å². The summed E-state index contributed by atoms with van der Waals surface area (Å²) in [6.07, 6.45) is 3.71. The smallest absolute Gasteiger partial charge is 0.191 e. The first-order valence-electron chi connectivity index (χ1n) is 7.94. The SMILES string of the molecule is CCNC(=NCC(C)c1ccsc1)NC1CCC(O)CC1. The molecule has 1 fully saturated rings. The predicted molar refractivity (Wildman–Crippen MR) is 90.1 cm³/mol. The number of thiophene rings is 1. The van der Waals surface area contributed by atoms with E-state index in [0.717, 1.165) is 44.7 Å². The van der Waals surface area contributed by atoms with Gasteiger partial charge >= 0.3 is 0 Å². The van der Waals surface area contributed by atoms with Gasteiger partial charge in [-0.25, -0.2) is 0 Å². The Kier molecular flexibility index (Phi) is 6.51. The van der Waals surface area contributed by atoms with Crippen molar-refractivity contribution in [1.82, 2.24) is 10.6 Å². The van der Waals surface area contributed by atoms with Crippen molar-refractivity contribution in [1.29, 1.82) is 0 Å². The maximum atomic E-state index is 9.57. The third-order valence-electron chi connectivity index (χ3n) is 4.02. The van der Waals surface area contributed by atoms with Gasteiger partial charge in [0.25, 0.3) is 0 Å². The lowest BCUT2D eigenvalue weighted by Crippen LogP contribution is -2.45. The third-order valence-corrected chi connectivity index (χ3v) is 4.72. The first kappa shape index (κ1) is 16.3. The minimum Gasteiger partial charge on any atom is -0.393 e. The fourth-order valence-corrected chi connectivity index (χ4v) is 3.40. The number of hydrogen-bond acceptors (Lipinski definition) is 3. The Morgan fingerprint density at radius 2 is 2.19 bits per heavy atom. The summed E-state index contributed by atoms with van der Waals surface area (Å²) in [6, 6.07) is 2.61. The molecule has 1 saturated carbocycles. The molecule has 1 heterocycles. The van der Waals surface area contributed by atoms with E-state index in [1.807, 2.05) is 0 Å². The topological polar surface area (TPSA) is 56.7 Å². The van der Waals surface area contributed by atoms with Gasteiger partial charge in [0.2, 0.25) is 0 Å². The van der Waals surface area contributed by atoms with Gasteiger partial charge in [-0.1, -0.05) is 6.92 Å². The van der Waals surface area contributed by atoms with E-state index in [9.17, 15) is 5.11 Å². The van der Waals surface area contributed by atoms with Crippen LogP contribution >= 0.6 is 11.3 Å². The van der Waals surface area contributed by atoms with Gasteiger partial charge in [0.05, 0.1) is 6.10 Å². The van der Waals surface area contributed by atoms with E-state index in [2.05, 4.69) is 41.3 Å². The zero-order chi connectivity index (χ0) is 15.1. The van der Waals surface area contributed by atoms with Crippen LogP contribution in [-0.4, -0.2) is 36.3 Å². The molecule has 0 amide bonds. The molecule has 4 nitrogen and oxygen atoms in total. The van der Waals surface area contributed by atoms with E-state index in [-0.39, 0.29) is 6.10 Å². The summed E-state index contributed by atoms with van der Waals surface area (Å²) in [7, 11) is 0. The van der Waals surface area contributed by atoms with Crippen LogP contribution in [0.2, 0.25) is 0 Å². The molecule has 0 bridgehead atoms. The van der Waals surface area contributed by atoms with Crippen molar-refractivity contribution >= 4 is 17.3 Å². The monoisotopic (exact) mass is 309 g/mol. The van der Waals surface area contributed by atoms with E-state index in [1.54, 1.807) is 11.3 Å². The van der Waals surface area contributed by atoms with Crippen LogP contribution in [0.1, 0.15) is 51.0 Å². The molecular formula is C16H27N3OS. The average molecular weight is 309 g/mol. The Balaban J connectivity index is 1.86. The van der Waals surface area contributed by atoms with Gasteiger partial charge in [-0.15, -0.1) is 0 Å². The molecule has 1 unspecified atom stereocenters. The van der Waals surface area contributed by atoms with E-state index in [0.29, 0.717) is 12.0 Å². The summed E-state index contributed by atoms with van der Waals surface area (Å²) in [4.78, 5) is 4.72. The summed E-state index contributed by atoms with van der Waals surface area (Å²) in [6.45, 7) is 5.96. The highest BCUT2D eigenvalue weighted by Crippen LogP contribution is 2.19. The van der Waals surface area contributed by atoms with Crippen molar-refractivity contribution in [2.75, 3.05) is 13.1 Å². The molecule has 0 aliphatic heterocycles. The van der Waals surface area contributed by atoms with Gasteiger partial charge in [-0.3, -0.25) is 4.99 Å². The fourth-order valence-electron chi connectivity index (χ4n) is 2.62. The van der Waals surface area contributed by atoms with Crippen molar-refractivity contribution in [3.8, 4) is 0 Å². The summed E-state index contributed by atoms with van der Waals surface area (Å²) in [5.41, 5.74) is 1.36. The highest BCUT2D eigenvalue weighted by atomic mass is 32.1. The van der Waals surface area contributed by atoms with Crippen LogP contribution in [0.25, 0.3) is 0 Å². The number of nitrogens with one attached hydrogen (secondary N) is 2. The molecule has 1 aromatic heterocycles. The number of rotatable bonds is 5. The minimum absolute atomic E-state index is 0.110. The quantitative estimate of drug-likeness (QED) is 0.579. The predicted octanol–water partition coefficient (Wildman–Crippen LogP) is 2.71. The normalized spacial score (nSPS) is 24.6. The Bertz CT molecular complexity index is 425. The van der Waals surface area contributed by atoms with Crippen molar-refractivity contribution < 1.29 is 5.11 Å². The lowest BCUT2D eigenvalue weighted by atomic mass is 9.93. The Morgan fingerprint density at radius 3 is 2.81 bits per heavy atom. The summed E-state index contributed by atoms with van der Waals surface area (Å²) in [5.74, 6) is 1.35. The Labute approximate surface area is 131 Å². The molecule has 0 aromatic carbocycles. The van der Waals surface area contributed by atoms with Crippen LogP contribution in [0.3, 0.4) is 0 Å². The molecule has 0 spiro atoms. The van der Waals surface area contributed by atoms with Crippen LogP contribution < -0.4 is 10.6 Å². The Hall–Kier alpha value is -1.07. The number of aliphatic imine (C=N–C) groups is 1. The summed E-state index contributed by atoms with van der Waals surface area (Å²) in [5, 5.41) is 20.7. The zero-order valence-corrected chi connectivity index (χ0v) is 13.8. The van der Waals surface area contributed by atoms with Gasteiger partial charge in [0.15, 0.2) is 5.96 Å². The van der Waals surface area contributed by atoms with Crippen LogP contribution in [0.5, 0.6) is 0 Å². The largest absolute Gasteiger partial charge is 0.393 e. The van der Waals surface area contributed by atoms with Gasteiger partial charge in [-0.05, 0) is 55.0 Å². The maximum absolute atomic E-state index is 9.57. The van der Waals surface area contributed by atoms with Gasteiger partial charge in [-0.2, -0.15) is 11.3 Å². The highest BCUT2D eigenvalue weighted by Gasteiger charge is 2.20. The van der Waals surface area contributed by atoms with Crippen molar-refractivity contribution in [3.05, 3.63) is 22.4 Å². The molecule has 2 rings (SSSR count). The van der Waals surface area contributed by atoms with Crippen molar-refractivity contribution in [2.45, 2.75) is 57.6 Å². The molecule has 1 atom stereocenters. The molecule has 0 radical (unpaired) electrons. The molecule has 1 aliphatic carbocycles. The number of guanidine groups is 1. The number of hydrogen-bond donors (Lipinski definition) is 3. The van der Waals surface area contributed by atoms with Crippen LogP contribution in [0.4, 0.5) is 0 Å². The lowest BCUT2D eigenvalue weighted by Gasteiger charge is -2.27. The molecule has 1 aliphatic rings. The van der Waals surface area contributed by atoms with E-state index in [1.165, 1.54) is 5.56 Å². The maximum Gasteiger partial charge on any atom is 0.191 e. The molecule has 118 valence electrons. The first-order chi connectivity index (χ1) is 10.2. The second-order valence-corrected chi connectivity index (χ2v) is 6.61. The summed E-state index contributed by atoms with van der Waals surface area (Å²) >= 11 is 1.74. The van der Waals surface area contributed by atoms with E-state index < -0.39 is 0 Å². The van der Waals surface area contributed by atoms with Gasteiger partial charge < -0.3 is 15.7 Å². The fraction of sp³-hybridized carbons (Fsp3) is 0.688. The second-order valence-electron chi connectivity index (χ2n) is 5.83. The zero-order valence-electron chi connectivity index (χ0n) is 13.0. The molecule has 21 heavy (non-hydrogen) atoms. The van der Waals surface area contributed by atoms with Gasteiger partial charge in [0.1, 0.15) is 0 Å². The number of aliphatic hydroxyl groups is 1. The molecule has 0 saturated heterocycles.